The number of sulfonamides is 1. The zero-order valence-electron chi connectivity index (χ0n) is 24.4. The topological polar surface area (TPSA) is 98.8 Å². The Balaban J connectivity index is 1.20. The van der Waals surface area contributed by atoms with E-state index < -0.39 is 10.0 Å². The predicted molar refractivity (Wildman–Crippen MR) is 168 cm³/mol. The summed E-state index contributed by atoms with van der Waals surface area (Å²) in [6, 6.07) is 30.8. The number of nitrogens with one attached hydrogen (secondary N) is 2. The van der Waals surface area contributed by atoms with Crippen LogP contribution in [0.2, 0.25) is 0 Å². The van der Waals surface area contributed by atoms with E-state index in [4.69, 9.17) is 0 Å². The number of aryl methyl sites for hydroxylation is 1. The zero-order chi connectivity index (χ0) is 30.4. The van der Waals surface area contributed by atoms with Gasteiger partial charge in [0.2, 0.25) is 10.0 Å². The van der Waals surface area contributed by atoms with Crippen molar-refractivity contribution in [2.75, 3.05) is 31.5 Å². The Kier molecular flexibility index (Phi) is 9.35. The minimum Gasteiger partial charge on any atom is -0.345 e. The molecular formula is C34H36N4O4S. The highest BCUT2D eigenvalue weighted by Crippen LogP contribution is 2.21. The molecule has 5 rings (SSSR count). The number of nitrogens with zero attached hydrogens (tertiary/aromatic N) is 2. The summed E-state index contributed by atoms with van der Waals surface area (Å²) in [5.74, 6) is -0.586. The first-order chi connectivity index (χ1) is 20.7. The van der Waals surface area contributed by atoms with Gasteiger partial charge in [-0.3, -0.25) is 14.5 Å². The number of hydrogen-bond acceptors (Lipinski definition) is 5. The summed E-state index contributed by atoms with van der Waals surface area (Å²) in [6.07, 6.45) is 0. The van der Waals surface area contributed by atoms with Gasteiger partial charge >= 0.3 is 0 Å². The first kappa shape index (κ1) is 30.2. The number of piperazine rings is 1. The normalized spacial score (nSPS) is 15.0. The van der Waals surface area contributed by atoms with Crippen molar-refractivity contribution in [1.82, 2.24) is 14.5 Å². The Labute approximate surface area is 253 Å². The van der Waals surface area contributed by atoms with E-state index in [-0.39, 0.29) is 17.9 Å². The molecule has 0 radical (unpaired) electrons. The van der Waals surface area contributed by atoms with Gasteiger partial charge in [0.1, 0.15) is 0 Å². The van der Waals surface area contributed by atoms with Crippen LogP contribution in [0, 0.1) is 6.92 Å². The van der Waals surface area contributed by atoms with Crippen LogP contribution in [0.3, 0.4) is 0 Å². The number of anilines is 1. The minimum absolute atomic E-state index is 0.196. The summed E-state index contributed by atoms with van der Waals surface area (Å²) in [5.41, 5.74) is 4.25. The van der Waals surface area contributed by atoms with Crippen molar-refractivity contribution in [3.63, 3.8) is 0 Å². The molecule has 8 nitrogen and oxygen atoms in total. The smallest absolute Gasteiger partial charge is 0.255 e. The van der Waals surface area contributed by atoms with Crippen LogP contribution >= 0.6 is 0 Å². The van der Waals surface area contributed by atoms with E-state index in [9.17, 15) is 18.0 Å². The summed E-state index contributed by atoms with van der Waals surface area (Å²) < 4.78 is 27.6. The highest BCUT2D eigenvalue weighted by molar-refractivity contribution is 7.89. The maximum absolute atomic E-state index is 13.3. The Bertz CT molecular complexity index is 1680. The number of carbonyl (C=O) groups excluding carboxylic acids is 2. The molecule has 0 saturated carbocycles. The summed E-state index contributed by atoms with van der Waals surface area (Å²) >= 11 is 0. The molecule has 1 aliphatic rings. The minimum atomic E-state index is -3.53. The fourth-order valence-corrected chi connectivity index (χ4v) is 6.56. The second-order valence-corrected chi connectivity index (χ2v) is 12.7. The molecule has 1 saturated heterocycles. The molecule has 4 aromatic rings. The van der Waals surface area contributed by atoms with E-state index in [0.717, 1.165) is 16.7 Å². The van der Waals surface area contributed by atoms with Gasteiger partial charge in [0.05, 0.1) is 22.2 Å². The largest absolute Gasteiger partial charge is 0.345 e. The van der Waals surface area contributed by atoms with Crippen molar-refractivity contribution in [1.29, 1.82) is 0 Å². The lowest BCUT2D eigenvalue weighted by Gasteiger charge is -2.34. The number of amides is 2. The molecule has 2 N–H and O–H groups in total. The summed E-state index contributed by atoms with van der Waals surface area (Å²) in [5, 5.41) is 5.91. The van der Waals surface area contributed by atoms with E-state index in [1.54, 1.807) is 42.5 Å². The van der Waals surface area contributed by atoms with Crippen LogP contribution < -0.4 is 10.6 Å². The number of hydrogen-bond donors (Lipinski definition) is 2. The van der Waals surface area contributed by atoms with Gasteiger partial charge in [-0.25, -0.2) is 8.42 Å². The van der Waals surface area contributed by atoms with Crippen molar-refractivity contribution in [3.05, 3.63) is 131 Å². The van der Waals surface area contributed by atoms with Crippen molar-refractivity contribution < 1.29 is 18.0 Å². The van der Waals surface area contributed by atoms with Gasteiger partial charge in [-0.05, 0) is 61.4 Å². The van der Waals surface area contributed by atoms with Crippen LogP contribution in [-0.2, 0) is 16.6 Å². The van der Waals surface area contributed by atoms with Crippen LogP contribution in [0.15, 0.2) is 108 Å². The lowest BCUT2D eigenvalue weighted by molar-refractivity contribution is 0.0940. The molecule has 1 heterocycles. The Morgan fingerprint density at radius 2 is 1.47 bits per heavy atom. The third-order valence-electron chi connectivity index (χ3n) is 7.65. The van der Waals surface area contributed by atoms with Gasteiger partial charge in [0.25, 0.3) is 11.8 Å². The van der Waals surface area contributed by atoms with Crippen LogP contribution in [0.5, 0.6) is 0 Å². The molecule has 1 atom stereocenters. The molecule has 9 heteroatoms. The lowest BCUT2D eigenvalue weighted by atomic mass is 10.1. The maximum atomic E-state index is 13.3. The zero-order valence-corrected chi connectivity index (χ0v) is 25.2. The van der Waals surface area contributed by atoms with E-state index in [1.807, 2.05) is 74.5 Å². The quantitative estimate of drug-likeness (QED) is 0.275. The van der Waals surface area contributed by atoms with E-state index in [2.05, 4.69) is 15.5 Å². The number of para-hydroxylation sites is 1. The SMILES string of the molecule is Cc1ccc(S(=O)(=O)N2CCN(Cc3cccc(C(=O)Nc4ccccc4C(=O)NC(C)c4ccccc4)c3)CC2)cc1. The first-order valence-electron chi connectivity index (χ1n) is 14.3. The summed E-state index contributed by atoms with van der Waals surface area (Å²) in [6.45, 7) is 6.42. The Morgan fingerprint density at radius 3 is 2.19 bits per heavy atom. The van der Waals surface area contributed by atoms with Crippen molar-refractivity contribution in [2.24, 2.45) is 0 Å². The monoisotopic (exact) mass is 596 g/mol. The molecule has 1 unspecified atom stereocenters. The van der Waals surface area contributed by atoms with E-state index in [1.165, 1.54) is 4.31 Å². The van der Waals surface area contributed by atoms with Crippen molar-refractivity contribution >= 4 is 27.5 Å². The second-order valence-electron chi connectivity index (χ2n) is 10.8. The number of carbonyl (C=O) groups is 2. The van der Waals surface area contributed by atoms with Gasteiger partial charge in [0, 0.05) is 38.3 Å². The first-order valence-corrected chi connectivity index (χ1v) is 15.8. The van der Waals surface area contributed by atoms with Gasteiger partial charge in [-0.15, -0.1) is 0 Å². The predicted octanol–water partition coefficient (Wildman–Crippen LogP) is 5.24. The van der Waals surface area contributed by atoms with Gasteiger partial charge in [-0.2, -0.15) is 4.31 Å². The highest BCUT2D eigenvalue weighted by Gasteiger charge is 2.28. The third kappa shape index (κ3) is 7.37. The average molecular weight is 597 g/mol. The van der Waals surface area contributed by atoms with Crippen LogP contribution in [-0.4, -0.2) is 55.6 Å². The summed E-state index contributed by atoms with van der Waals surface area (Å²) in [4.78, 5) is 28.9. The summed E-state index contributed by atoms with van der Waals surface area (Å²) in [7, 11) is -3.53. The maximum Gasteiger partial charge on any atom is 0.255 e. The van der Waals surface area contributed by atoms with E-state index in [0.29, 0.717) is 54.4 Å². The molecule has 2 amide bonds. The number of rotatable bonds is 9. The Morgan fingerprint density at radius 1 is 0.791 bits per heavy atom. The molecule has 4 aromatic carbocycles. The fraction of sp³-hybridized carbons (Fsp3) is 0.235. The standard InChI is InChI=1S/C34H36N4O4S/c1-25-15-17-30(18-16-25)43(41,42)38-21-19-37(20-22-38)24-27-9-8-12-29(23-27)33(39)36-32-14-7-6-13-31(32)34(40)35-26(2)28-10-4-3-5-11-28/h3-18,23,26H,19-22,24H2,1-2H3,(H,35,40)(H,36,39). The molecule has 0 aromatic heterocycles. The van der Waals surface area contributed by atoms with Crippen LogP contribution in [0.4, 0.5) is 5.69 Å². The highest BCUT2D eigenvalue weighted by atomic mass is 32.2. The third-order valence-corrected chi connectivity index (χ3v) is 9.57. The van der Waals surface area contributed by atoms with Crippen molar-refractivity contribution in [2.45, 2.75) is 31.3 Å². The molecule has 1 aliphatic heterocycles. The average Bonchev–Trinajstić information content (AvgIpc) is 3.02. The Hall–Kier alpha value is -4.31. The molecular weight excluding hydrogens is 560 g/mol. The van der Waals surface area contributed by atoms with Gasteiger partial charge in [-0.1, -0.05) is 72.3 Å². The molecule has 1 fully saturated rings. The van der Waals surface area contributed by atoms with Gasteiger partial charge < -0.3 is 10.6 Å². The lowest BCUT2D eigenvalue weighted by Crippen LogP contribution is -2.48. The molecule has 222 valence electrons. The van der Waals surface area contributed by atoms with Crippen LogP contribution in [0.25, 0.3) is 0 Å². The van der Waals surface area contributed by atoms with Crippen molar-refractivity contribution in [3.8, 4) is 0 Å². The molecule has 0 aliphatic carbocycles. The molecule has 0 spiro atoms. The second kappa shape index (κ2) is 13.3. The van der Waals surface area contributed by atoms with Crippen LogP contribution in [0.1, 0.15) is 50.4 Å². The fourth-order valence-electron chi connectivity index (χ4n) is 5.14. The number of benzene rings is 4. The van der Waals surface area contributed by atoms with E-state index >= 15 is 0 Å². The van der Waals surface area contributed by atoms with Gasteiger partial charge in [0.15, 0.2) is 0 Å². The molecule has 43 heavy (non-hydrogen) atoms. The molecule has 0 bridgehead atoms.